The molecule has 12 aromatic rings. The number of carbonyl (C=O) groups is 4. The molecule has 0 aliphatic carbocycles. The van der Waals surface area contributed by atoms with Crippen LogP contribution in [-0.4, -0.2) is 50.0 Å². The highest BCUT2D eigenvalue weighted by atomic mass is 35.5. The maximum Gasteiger partial charge on any atom is 0.573 e. The maximum absolute atomic E-state index is 14.1. The largest absolute Gasteiger partial charge is 0.573 e. The van der Waals surface area contributed by atoms with Gasteiger partial charge >= 0.3 is 37.4 Å². The lowest BCUT2D eigenvalue weighted by Crippen LogP contribution is -2.16. The van der Waals surface area contributed by atoms with Crippen LogP contribution in [0.1, 0.15) is 177 Å². The Balaban J connectivity index is 0.000000202. The summed E-state index contributed by atoms with van der Waals surface area (Å²) in [4.78, 5) is 51.9. The Bertz CT molecular complexity index is 5850. The Morgan fingerprint density at radius 3 is 0.674 bits per heavy atom. The highest BCUT2D eigenvalue weighted by molar-refractivity contribution is 6.30. The minimum Gasteiger partial charge on any atom is -0.406 e. The van der Waals surface area contributed by atoms with E-state index < -0.39 is 77.3 Å². The third kappa shape index (κ3) is 31.1. The van der Waals surface area contributed by atoms with Crippen molar-refractivity contribution in [1.29, 1.82) is 0 Å². The zero-order valence-electron chi connectivity index (χ0n) is 76.2. The summed E-state index contributed by atoms with van der Waals surface area (Å²) < 4.78 is 253. The van der Waals surface area contributed by atoms with Gasteiger partial charge in [-0.1, -0.05) is 207 Å². The topological polar surface area (TPSA) is 90.0 Å². The molecular weight excluding hydrogens is 1800 g/mol. The Kier molecular flexibility index (Phi) is 35.4. The van der Waals surface area contributed by atoms with Gasteiger partial charge in [0.1, 0.15) is 40.4 Å². The molecule has 0 N–H and O–H groups in total. The Labute approximate surface area is 777 Å². The predicted octanol–water partition coefficient (Wildman–Crippen LogP) is 33.7. The SMILES string of the molecule is CC(=O)C(CC(C)C)c1cc(-c2ccc(C(F)(F)F)cc2)cc(-c2cccc(N(C)C)c2)c1.CC(=O)[C@@H](CC(C)C)c1cc(-c2ccc(C(F)(F)F)cc2)cc(-c2ccc(Cl)c(F)c2)c1.CC(=O)[C@@H](CC(C)C)c1cc(-c2ccc(OC(F)(F)F)cc2)cc(-c2ccc(C(F)(F)F)cc2)c1.CC(=O)[C@H](CC(C)C)c1cc(-c2ccc(OC(F)(F)F)cc2)cc(-c2ccc(C(F)(F)F)cc2)c1. The number of Topliss-reactive ketones (excluding diaryl/α,β-unsaturated/α-hetero) is 4. The Morgan fingerprint density at radius 2 is 0.481 bits per heavy atom. The number of hydrogen-bond acceptors (Lipinski definition) is 7. The summed E-state index contributed by atoms with van der Waals surface area (Å²) in [7, 11) is 3.94. The summed E-state index contributed by atoms with van der Waals surface area (Å²) in [6, 6.07) is 64.5. The number of hydrogen-bond donors (Lipinski definition) is 0. The van der Waals surface area contributed by atoms with Crippen molar-refractivity contribution in [3.05, 3.63) is 316 Å². The van der Waals surface area contributed by atoms with Crippen LogP contribution >= 0.6 is 11.6 Å². The van der Waals surface area contributed by atoms with E-state index in [2.05, 4.69) is 29.4 Å². The predicted molar refractivity (Wildman–Crippen MR) is 493 cm³/mol. The number of ether oxygens (including phenoxy) is 2. The fourth-order valence-corrected chi connectivity index (χ4v) is 15.6. The van der Waals surface area contributed by atoms with Crippen molar-refractivity contribution in [2.75, 3.05) is 19.0 Å². The van der Waals surface area contributed by atoms with Crippen molar-refractivity contribution in [2.24, 2.45) is 23.7 Å². The van der Waals surface area contributed by atoms with Gasteiger partial charge in [-0.15, -0.1) is 26.3 Å². The van der Waals surface area contributed by atoms with E-state index in [0.29, 0.717) is 115 Å². The lowest BCUT2D eigenvalue weighted by atomic mass is 9.84. The average molecular weight is 1910 g/mol. The van der Waals surface area contributed by atoms with Crippen LogP contribution in [0, 0.1) is 29.5 Å². The van der Waals surface area contributed by atoms with Gasteiger partial charge in [-0.25, -0.2) is 4.39 Å². The van der Waals surface area contributed by atoms with Crippen molar-refractivity contribution in [3.8, 4) is 101 Å². The third-order valence-corrected chi connectivity index (χ3v) is 22.5. The number of alkyl halides is 18. The number of carbonyl (C=O) groups excluding carboxylic acids is 4. The van der Waals surface area contributed by atoms with Crippen molar-refractivity contribution < 1.29 is 112 Å². The van der Waals surface area contributed by atoms with E-state index in [9.17, 15) is 103 Å². The third-order valence-electron chi connectivity index (χ3n) is 22.2. The molecule has 0 saturated carbocycles. The van der Waals surface area contributed by atoms with Gasteiger partial charge < -0.3 is 14.4 Å². The Morgan fingerprint density at radius 1 is 0.274 bits per heavy atom. The molecule has 4 atom stereocenters. The number of benzene rings is 12. The first-order valence-electron chi connectivity index (χ1n) is 43.1. The van der Waals surface area contributed by atoms with Crippen molar-refractivity contribution in [3.63, 3.8) is 0 Å². The second-order valence-electron chi connectivity index (χ2n) is 35.1. The molecule has 135 heavy (non-hydrogen) atoms. The lowest BCUT2D eigenvalue weighted by molar-refractivity contribution is -0.275. The number of halogens is 20. The fraction of sp³-hybridized carbons (Fsp3) is 0.296. The quantitative estimate of drug-likeness (QED) is 0.0474. The summed E-state index contributed by atoms with van der Waals surface area (Å²) in [5.74, 6) is -1.85. The molecule has 0 aliphatic heterocycles. The smallest absolute Gasteiger partial charge is 0.406 e. The van der Waals surface area contributed by atoms with Gasteiger partial charge in [0, 0.05) is 43.5 Å². The van der Waals surface area contributed by atoms with Gasteiger partial charge in [-0.2, -0.15) is 52.7 Å². The molecule has 0 amide bonds. The molecule has 12 aromatic carbocycles. The highest BCUT2D eigenvalue weighted by Gasteiger charge is 2.37. The molecule has 0 aliphatic rings. The minimum absolute atomic E-state index is 0.00324. The first-order chi connectivity index (χ1) is 62.9. The molecule has 7 nitrogen and oxygen atoms in total. The standard InChI is InChI=1S/C28H30F3NO.2C27H24F6O2.C26H23ClF4O/c1-18(2)13-27(19(3)33)24-15-22(20-9-11-25(12-10-20)28(29,30)31)14-23(16-24)21-7-6-8-26(17-21)32(4)5;2*1-16(2)12-25(17(3)34)22-14-20(18-4-8-23(9-5-18)26(28,29)30)13-21(15-22)19-6-10-24(11-7-19)35-27(31,32)33;1-15(2)10-23(16(3)32)21-12-19(17-4-7-22(8-5-17)26(29,30)31)11-20(13-21)18-6-9-24(27)25(28)14-18/h6-12,14-18,27H,13H2,1-5H3;2*4-11,13-16,25H,12H2,1-3H3;4-9,11-15,23H,10H2,1-3H3/t;2*25-;23-/m.101/s1. The van der Waals surface area contributed by atoms with E-state index in [1.54, 1.807) is 55.5 Å². The molecule has 27 heteroatoms. The summed E-state index contributed by atoms with van der Waals surface area (Å²) in [5, 5.41) is -0.00529. The first kappa shape index (κ1) is 106. The molecule has 0 fully saturated rings. The zero-order valence-corrected chi connectivity index (χ0v) is 77.0. The van der Waals surface area contributed by atoms with E-state index in [1.807, 2.05) is 109 Å². The monoisotopic (exact) mass is 1900 g/mol. The molecule has 1 unspecified atom stereocenters. The first-order valence-corrected chi connectivity index (χ1v) is 43.5. The van der Waals surface area contributed by atoms with E-state index in [1.165, 1.54) is 130 Å². The van der Waals surface area contributed by atoms with Gasteiger partial charge in [-0.3, -0.25) is 19.2 Å². The number of anilines is 1. The van der Waals surface area contributed by atoms with E-state index in [0.717, 1.165) is 82.0 Å². The summed E-state index contributed by atoms with van der Waals surface area (Å²) in [6.07, 6.45) is -24.9. The van der Waals surface area contributed by atoms with Crippen LogP contribution in [0.25, 0.3) is 89.0 Å². The number of ketones is 4. The van der Waals surface area contributed by atoms with Crippen molar-refractivity contribution in [1.82, 2.24) is 0 Å². The molecule has 0 aromatic heterocycles. The van der Waals surface area contributed by atoms with E-state index >= 15 is 0 Å². The van der Waals surface area contributed by atoms with Crippen LogP contribution < -0.4 is 14.4 Å². The zero-order chi connectivity index (χ0) is 99.9. The van der Waals surface area contributed by atoms with Crippen molar-refractivity contribution in [2.45, 2.75) is 170 Å². The van der Waals surface area contributed by atoms with Crippen LogP contribution in [0.15, 0.2) is 261 Å². The highest BCUT2D eigenvalue weighted by Crippen LogP contribution is 2.45. The normalized spacial score (nSPS) is 12.9. The summed E-state index contributed by atoms with van der Waals surface area (Å²) in [6.45, 7) is 22.2. The van der Waals surface area contributed by atoms with Gasteiger partial charge in [0.2, 0.25) is 0 Å². The van der Waals surface area contributed by atoms with Crippen LogP contribution in [0.5, 0.6) is 11.5 Å². The Hall–Kier alpha value is -12.3. The van der Waals surface area contributed by atoms with Gasteiger partial charge in [0.15, 0.2) is 0 Å². The second-order valence-corrected chi connectivity index (χ2v) is 35.5. The maximum atomic E-state index is 14.1. The van der Waals surface area contributed by atoms with Gasteiger partial charge in [0.05, 0.1) is 27.3 Å². The van der Waals surface area contributed by atoms with Crippen molar-refractivity contribution >= 4 is 40.4 Å². The molecule has 0 saturated heterocycles. The van der Waals surface area contributed by atoms with E-state index in [4.69, 9.17) is 11.6 Å². The molecule has 0 heterocycles. The average Bonchev–Trinajstić information content (AvgIpc) is 0.808. The van der Waals surface area contributed by atoms with Crippen LogP contribution in [-0.2, 0) is 43.9 Å². The van der Waals surface area contributed by atoms with E-state index in [-0.39, 0.29) is 69.2 Å². The molecule has 0 spiro atoms. The summed E-state index contributed by atoms with van der Waals surface area (Å²) >= 11 is 5.82. The molecule has 714 valence electrons. The lowest BCUT2D eigenvalue weighted by Gasteiger charge is -2.20. The number of rotatable bonds is 27. The van der Waals surface area contributed by atoms with Crippen LogP contribution in [0.3, 0.4) is 0 Å². The molecule has 0 radical (unpaired) electrons. The van der Waals surface area contributed by atoms with Gasteiger partial charge in [0.25, 0.3) is 0 Å². The number of nitrogens with zero attached hydrogens (tertiary/aromatic N) is 1. The minimum atomic E-state index is -4.82. The fourth-order valence-electron chi connectivity index (χ4n) is 15.5. The molecular formula is C108H101ClF19NO6. The summed E-state index contributed by atoms with van der Waals surface area (Å²) in [5.41, 5.74) is 11.5. The second kappa shape index (κ2) is 44.9. The van der Waals surface area contributed by atoms with Crippen LogP contribution in [0.4, 0.5) is 89.1 Å². The molecule has 0 bridgehead atoms. The molecule has 12 rings (SSSR count). The van der Waals surface area contributed by atoms with Crippen LogP contribution in [0.2, 0.25) is 5.02 Å². The van der Waals surface area contributed by atoms with Gasteiger partial charge in [-0.05, 0) is 310 Å².